The first-order valence-corrected chi connectivity index (χ1v) is 8.12. The maximum Gasteiger partial charge on any atom is 0.248 e. The number of carbonyl (C=O) groups is 1. The summed E-state index contributed by atoms with van der Waals surface area (Å²) in [4.78, 5) is 17.8. The lowest BCUT2D eigenvalue weighted by Crippen LogP contribution is -2.44. The first-order chi connectivity index (χ1) is 11.5. The van der Waals surface area contributed by atoms with Gasteiger partial charge >= 0.3 is 0 Å². The molecule has 1 saturated heterocycles. The number of rotatable bonds is 5. The summed E-state index contributed by atoms with van der Waals surface area (Å²) >= 11 is 0. The Morgan fingerprint density at radius 2 is 2.08 bits per heavy atom. The second-order valence-electron chi connectivity index (χ2n) is 6.18. The summed E-state index contributed by atoms with van der Waals surface area (Å²) in [6.07, 6.45) is 0.100. The van der Waals surface area contributed by atoms with Crippen molar-refractivity contribution in [2.45, 2.75) is 33.0 Å². The molecular weight excluding hydrogens is 306 g/mol. The van der Waals surface area contributed by atoms with Gasteiger partial charge in [0.15, 0.2) is 0 Å². The Morgan fingerprint density at radius 1 is 1.33 bits per heavy atom. The smallest absolute Gasteiger partial charge is 0.248 e. The molecule has 1 aliphatic rings. The third-order valence-corrected chi connectivity index (χ3v) is 4.21. The van der Waals surface area contributed by atoms with Crippen molar-refractivity contribution in [3.63, 3.8) is 0 Å². The third-order valence-electron chi connectivity index (χ3n) is 4.21. The maximum atomic E-state index is 11.1. The molecule has 0 aliphatic carbocycles. The van der Waals surface area contributed by atoms with Crippen LogP contribution in [-0.4, -0.2) is 51.4 Å². The molecule has 1 aromatic heterocycles. The highest BCUT2D eigenvalue weighted by atomic mass is 16.5. The highest BCUT2D eigenvalue weighted by molar-refractivity contribution is 5.92. The zero-order valence-corrected chi connectivity index (χ0v) is 14.1. The van der Waals surface area contributed by atoms with Crippen LogP contribution in [0.5, 0.6) is 0 Å². The minimum absolute atomic E-state index is 0.100. The Morgan fingerprint density at radius 3 is 2.71 bits per heavy atom. The number of aromatic nitrogens is 3. The van der Waals surface area contributed by atoms with Crippen LogP contribution in [0.1, 0.15) is 27.6 Å². The fourth-order valence-corrected chi connectivity index (χ4v) is 2.99. The van der Waals surface area contributed by atoms with Crippen LogP contribution < -0.4 is 5.73 Å². The van der Waals surface area contributed by atoms with E-state index in [9.17, 15) is 4.79 Å². The fraction of sp³-hybridized carbons (Fsp3) is 0.471. The minimum atomic E-state index is -0.397. The molecule has 0 unspecified atom stereocenters. The van der Waals surface area contributed by atoms with Gasteiger partial charge in [-0.25, -0.2) is 9.67 Å². The first kappa shape index (κ1) is 16.6. The summed E-state index contributed by atoms with van der Waals surface area (Å²) in [5.41, 5.74) is 6.97. The number of morpholine rings is 1. The Kier molecular flexibility index (Phi) is 4.92. The summed E-state index contributed by atoms with van der Waals surface area (Å²) in [6, 6.07) is 7.46. The maximum absolute atomic E-state index is 11.1. The quantitative estimate of drug-likeness (QED) is 0.880. The summed E-state index contributed by atoms with van der Waals surface area (Å²) in [7, 11) is 0. The number of hydrogen-bond donors (Lipinski definition) is 1. The van der Waals surface area contributed by atoms with Gasteiger partial charge in [-0.3, -0.25) is 9.69 Å². The topological polar surface area (TPSA) is 86.3 Å². The monoisotopic (exact) mass is 329 g/mol. The second kappa shape index (κ2) is 7.11. The molecule has 1 atom stereocenters. The van der Waals surface area contributed by atoms with Crippen molar-refractivity contribution in [2.75, 3.05) is 19.7 Å². The second-order valence-corrected chi connectivity index (χ2v) is 6.18. The number of benzene rings is 1. The molecule has 3 rings (SSSR count). The van der Waals surface area contributed by atoms with Crippen molar-refractivity contribution in [3.05, 3.63) is 47.0 Å². The van der Waals surface area contributed by atoms with E-state index >= 15 is 0 Å². The molecule has 2 heterocycles. The molecule has 0 spiro atoms. The molecule has 1 aromatic carbocycles. The lowest BCUT2D eigenvalue weighted by molar-refractivity contribution is -0.0405. The molecule has 1 aliphatic heterocycles. The first-order valence-electron chi connectivity index (χ1n) is 8.12. The predicted octanol–water partition coefficient (Wildman–Crippen LogP) is 0.895. The SMILES string of the molecule is Cc1nc(C)n(C[C@@H]2CN(Cc3ccc(C(N)=O)cc3)CCO2)n1. The van der Waals surface area contributed by atoms with Crippen LogP contribution in [0.3, 0.4) is 0 Å². The van der Waals surface area contributed by atoms with Crippen molar-refractivity contribution in [1.29, 1.82) is 0 Å². The fourth-order valence-electron chi connectivity index (χ4n) is 2.99. The van der Waals surface area contributed by atoms with E-state index in [1.807, 2.05) is 30.7 Å². The Hall–Kier alpha value is -2.25. The number of nitrogens with two attached hydrogens (primary N) is 1. The molecule has 24 heavy (non-hydrogen) atoms. The summed E-state index contributed by atoms with van der Waals surface area (Å²) in [6.45, 7) is 7.84. The van der Waals surface area contributed by atoms with Gasteiger partial charge in [0.1, 0.15) is 11.6 Å². The van der Waals surface area contributed by atoms with Gasteiger partial charge in [0.05, 0.1) is 19.3 Å². The van der Waals surface area contributed by atoms with Gasteiger partial charge < -0.3 is 10.5 Å². The van der Waals surface area contributed by atoms with E-state index in [0.29, 0.717) is 18.7 Å². The molecule has 1 fully saturated rings. The van der Waals surface area contributed by atoms with Crippen LogP contribution in [0.4, 0.5) is 0 Å². The Labute approximate surface area is 141 Å². The van der Waals surface area contributed by atoms with Crippen molar-refractivity contribution in [2.24, 2.45) is 5.73 Å². The van der Waals surface area contributed by atoms with Gasteiger partial charge in [0.25, 0.3) is 0 Å². The zero-order valence-electron chi connectivity index (χ0n) is 14.1. The van der Waals surface area contributed by atoms with E-state index in [2.05, 4.69) is 15.0 Å². The lowest BCUT2D eigenvalue weighted by Gasteiger charge is -2.33. The van der Waals surface area contributed by atoms with Crippen LogP contribution in [-0.2, 0) is 17.8 Å². The number of aryl methyl sites for hydroxylation is 2. The number of ether oxygens (including phenoxy) is 1. The lowest BCUT2D eigenvalue weighted by atomic mass is 10.1. The highest BCUT2D eigenvalue weighted by Crippen LogP contribution is 2.13. The molecule has 7 heteroatoms. The van der Waals surface area contributed by atoms with Crippen molar-refractivity contribution in [3.8, 4) is 0 Å². The van der Waals surface area contributed by atoms with Crippen LogP contribution in [0.15, 0.2) is 24.3 Å². The average Bonchev–Trinajstić information content (AvgIpc) is 2.86. The highest BCUT2D eigenvalue weighted by Gasteiger charge is 2.22. The van der Waals surface area contributed by atoms with Gasteiger partial charge in [-0.2, -0.15) is 5.10 Å². The third kappa shape index (κ3) is 3.98. The average molecular weight is 329 g/mol. The van der Waals surface area contributed by atoms with Gasteiger partial charge in [-0.15, -0.1) is 0 Å². The van der Waals surface area contributed by atoms with Crippen molar-refractivity contribution in [1.82, 2.24) is 19.7 Å². The van der Waals surface area contributed by atoms with Crippen molar-refractivity contribution < 1.29 is 9.53 Å². The van der Waals surface area contributed by atoms with E-state index in [1.54, 1.807) is 12.1 Å². The molecule has 128 valence electrons. The number of nitrogens with zero attached hydrogens (tertiary/aromatic N) is 4. The molecule has 1 amide bonds. The van der Waals surface area contributed by atoms with E-state index < -0.39 is 5.91 Å². The number of carbonyl (C=O) groups excluding carboxylic acids is 1. The largest absolute Gasteiger partial charge is 0.374 e. The normalized spacial score (nSPS) is 18.7. The van der Waals surface area contributed by atoms with E-state index in [0.717, 1.165) is 36.8 Å². The molecule has 2 N–H and O–H groups in total. The van der Waals surface area contributed by atoms with Crippen LogP contribution >= 0.6 is 0 Å². The summed E-state index contributed by atoms with van der Waals surface area (Å²) in [5, 5.41) is 4.40. The minimum Gasteiger partial charge on any atom is -0.374 e. The molecule has 0 saturated carbocycles. The summed E-state index contributed by atoms with van der Waals surface area (Å²) < 4.78 is 7.78. The number of amides is 1. The van der Waals surface area contributed by atoms with E-state index in [1.165, 1.54) is 0 Å². The van der Waals surface area contributed by atoms with Gasteiger partial charge in [-0.1, -0.05) is 12.1 Å². The Bertz CT molecular complexity index is 710. The molecule has 7 nitrogen and oxygen atoms in total. The van der Waals surface area contributed by atoms with E-state index in [4.69, 9.17) is 10.5 Å². The molecular formula is C17H23N5O2. The molecule has 0 bridgehead atoms. The molecule has 0 radical (unpaired) electrons. The van der Waals surface area contributed by atoms with Gasteiger partial charge in [0, 0.05) is 25.2 Å². The van der Waals surface area contributed by atoms with Crippen LogP contribution in [0.2, 0.25) is 0 Å². The molecule has 2 aromatic rings. The number of primary amides is 1. The predicted molar refractivity (Wildman–Crippen MR) is 89.5 cm³/mol. The number of hydrogen-bond acceptors (Lipinski definition) is 5. The van der Waals surface area contributed by atoms with Gasteiger partial charge in [0.2, 0.25) is 5.91 Å². The zero-order chi connectivity index (χ0) is 17.1. The van der Waals surface area contributed by atoms with Crippen molar-refractivity contribution >= 4 is 5.91 Å². The van der Waals surface area contributed by atoms with E-state index in [-0.39, 0.29) is 6.10 Å². The van der Waals surface area contributed by atoms with Crippen LogP contribution in [0, 0.1) is 13.8 Å². The summed E-state index contributed by atoms with van der Waals surface area (Å²) in [5.74, 6) is 1.30. The Balaban J connectivity index is 1.59. The van der Waals surface area contributed by atoms with Gasteiger partial charge in [-0.05, 0) is 31.5 Å². The van der Waals surface area contributed by atoms with Crippen LogP contribution in [0.25, 0.3) is 0 Å². The standard InChI is InChI=1S/C17H23N5O2/c1-12-19-13(2)22(20-12)11-16-10-21(7-8-24-16)9-14-3-5-15(6-4-14)17(18)23/h3-6,16H,7-11H2,1-2H3,(H2,18,23)/t16-/m0/s1.